The van der Waals surface area contributed by atoms with Crippen LogP contribution in [0.1, 0.15) is 5.56 Å². The first-order valence-corrected chi connectivity index (χ1v) is 6.83. The molecular weight excluding hydrogens is 297 g/mol. The fraction of sp³-hybridized carbons (Fsp3) is 0.0833. The third kappa shape index (κ3) is 2.68. The summed E-state index contributed by atoms with van der Waals surface area (Å²) >= 11 is 1.37. The highest BCUT2D eigenvalue weighted by molar-refractivity contribution is 7.98. The number of halogens is 1. The van der Waals surface area contributed by atoms with Crippen molar-refractivity contribution in [1.29, 1.82) is 0 Å². The molecule has 2 heterocycles. The number of nitrogens with zero attached hydrogens (tertiary/aromatic N) is 4. The zero-order valence-electron chi connectivity index (χ0n) is 10.5. The minimum Gasteiger partial charge on any atom is -0.341 e. The standard InChI is InChI=1S/C12H8FN5O2S/c13-8-3-7(1-2-9(8)18(19)20)4-21-12-10-11(15-5-14-10)16-6-17-12/h1-3,5-6H,4H2,(H,14,15,16,17). The highest BCUT2D eigenvalue weighted by Gasteiger charge is 2.14. The molecule has 0 amide bonds. The number of nitro groups is 1. The number of thioether (sulfide) groups is 1. The number of benzene rings is 1. The summed E-state index contributed by atoms with van der Waals surface area (Å²) in [6, 6.07) is 3.85. The Bertz CT molecular complexity index is 822. The van der Waals surface area contributed by atoms with E-state index < -0.39 is 16.4 Å². The van der Waals surface area contributed by atoms with Gasteiger partial charge in [-0.15, -0.1) is 0 Å². The van der Waals surface area contributed by atoms with Gasteiger partial charge in [-0.25, -0.2) is 15.0 Å². The largest absolute Gasteiger partial charge is 0.341 e. The molecule has 0 atom stereocenters. The van der Waals surface area contributed by atoms with Gasteiger partial charge in [-0.2, -0.15) is 4.39 Å². The average molecular weight is 305 g/mol. The molecular formula is C12H8FN5O2S. The summed E-state index contributed by atoms with van der Waals surface area (Å²) in [7, 11) is 0. The quantitative estimate of drug-likeness (QED) is 0.344. The van der Waals surface area contributed by atoms with E-state index in [4.69, 9.17) is 0 Å². The SMILES string of the molecule is O=[N+]([O-])c1ccc(CSc2ncnc3nc[nH]c23)cc1F. The highest BCUT2D eigenvalue weighted by Crippen LogP contribution is 2.27. The Kier molecular flexibility index (Phi) is 3.48. The van der Waals surface area contributed by atoms with Crippen molar-refractivity contribution in [3.63, 3.8) is 0 Å². The van der Waals surface area contributed by atoms with E-state index in [0.717, 1.165) is 12.1 Å². The highest BCUT2D eigenvalue weighted by atomic mass is 32.2. The third-order valence-corrected chi connectivity index (χ3v) is 3.83. The van der Waals surface area contributed by atoms with Gasteiger partial charge in [-0.05, 0) is 11.6 Å². The van der Waals surface area contributed by atoms with E-state index in [9.17, 15) is 14.5 Å². The van der Waals surface area contributed by atoms with Gasteiger partial charge in [0.05, 0.1) is 11.3 Å². The Hall–Kier alpha value is -2.55. The first kappa shape index (κ1) is 13.4. The Morgan fingerprint density at radius 3 is 2.95 bits per heavy atom. The first-order valence-electron chi connectivity index (χ1n) is 5.85. The monoisotopic (exact) mass is 305 g/mol. The lowest BCUT2D eigenvalue weighted by molar-refractivity contribution is -0.387. The predicted octanol–water partition coefficient (Wildman–Crippen LogP) is 2.69. The number of hydrogen-bond acceptors (Lipinski definition) is 6. The third-order valence-electron chi connectivity index (χ3n) is 2.77. The molecule has 0 saturated carbocycles. The van der Waals surface area contributed by atoms with Crippen LogP contribution < -0.4 is 0 Å². The molecule has 3 rings (SSSR count). The second-order valence-electron chi connectivity index (χ2n) is 4.11. The zero-order chi connectivity index (χ0) is 14.8. The van der Waals surface area contributed by atoms with Crippen molar-refractivity contribution < 1.29 is 9.31 Å². The van der Waals surface area contributed by atoms with E-state index >= 15 is 0 Å². The summed E-state index contributed by atoms with van der Waals surface area (Å²) < 4.78 is 13.5. The van der Waals surface area contributed by atoms with Crippen molar-refractivity contribution in [1.82, 2.24) is 19.9 Å². The summed E-state index contributed by atoms with van der Waals surface area (Å²) in [5.74, 6) is -0.410. The summed E-state index contributed by atoms with van der Waals surface area (Å²) in [5.41, 5.74) is 1.38. The van der Waals surface area contributed by atoms with Gasteiger partial charge in [0.25, 0.3) is 0 Å². The molecule has 0 aliphatic heterocycles. The fourth-order valence-electron chi connectivity index (χ4n) is 1.79. The minimum absolute atomic E-state index is 0.431. The van der Waals surface area contributed by atoms with Gasteiger partial charge >= 0.3 is 5.69 Å². The maximum absolute atomic E-state index is 13.5. The van der Waals surface area contributed by atoms with Crippen molar-refractivity contribution in [3.05, 3.63) is 52.3 Å². The lowest BCUT2D eigenvalue weighted by Crippen LogP contribution is -1.94. The molecule has 106 valence electrons. The number of nitro benzene ring substituents is 1. The van der Waals surface area contributed by atoms with Crippen molar-refractivity contribution in [3.8, 4) is 0 Å². The summed E-state index contributed by atoms with van der Waals surface area (Å²) in [4.78, 5) is 24.9. The van der Waals surface area contributed by atoms with Gasteiger partial charge in [-0.3, -0.25) is 10.1 Å². The van der Waals surface area contributed by atoms with Crippen LogP contribution in [-0.2, 0) is 5.75 Å². The topological polar surface area (TPSA) is 97.6 Å². The van der Waals surface area contributed by atoms with Crippen LogP contribution >= 0.6 is 11.8 Å². The first-order chi connectivity index (χ1) is 10.1. The molecule has 0 unspecified atom stereocenters. The number of H-pyrrole nitrogens is 1. The summed E-state index contributed by atoms with van der Waals surface area (Å²) in [6.45, 7) is 0. The Morgan fingerprint density at radius 1 is 1.33 bits per heavy atom. The van der Waals surface area contributed by atoms with E-state index in [1.54, 1.807) is 0 Å². The average Bonchev–Trinajstić information content (AvgIpc) is 2.93. The van der Waals surface area contributed by atoms with Gasteiger partial charge in [0, 0.05) is 11.8 Å². The number of imidazole rings is 1. The van der Waals surface area contributed by atoms with Crippen LogP contribution in [0.15, 0.2) is 35.9 Å². The lowest BCUT2D eigenvalue weighted by atomic mass is 10.2. The second kappa shape index (κ2) is 5.44. The van der Waals surface area contributed by atoms with E-state index in [0.29, 0.717) is 27.5 Å². The van der Waals surface area contributed by atoms with Crippen molar-refractivity contribution in [2.75, 3.05) is 0 Å². The number of fused-ring (bicyclic) bond motifs is 1. The molecule has 2 aromatic heterocycles. The number of nitrogens with one attached hydrogen (secondary N) is 1. The molecule has 0 spiro atoms. The molecule has 1 aromatic carbocycles. The molecule has 0 aliphatic rings. The molecule has 21 heavy (non-hydrogen) atoms. The smallest absolute Gasteiger partial charge is 0.304 e. The van der Waals surface area contributed by atoms with Gasteiger partial charge < -0.3 is 4.98 Å². The minimum atomic E-state index is -0.840. The molecule has 0 radical (unpaired) electrons. The summed E-state index contributed by atoms with van der Waals surface area (Å²) in [6.07, 6.45) is 2.93. The van der Waals surface area contributed by atoms with Crippen molar-refractivity contribution >= 4 is 28.6 Å². The molecule has 0 saturated heterocycles. The van der Waals surface area contributed by atoms with Crippen LogP contribution in [0.4, 0.5) is 10.1 Å². The molecule has 7 nitrogen and oxygen atoms in total. The van der Waals surface area contributed by atoms with E-state index in [-0.39, 0.29) is 0 Å². The van der Waals surface area contributed by atoms with E-state index in [1.807, 2.05) is 0 Å². The Labute approximate surface area is 121 Å². The molecule has 1 N–H and O–H groups in total. The fourth-order valence-corrected chi connectivity index (χ4v) is 2.69. The molecule has 0 bridgehead atoms. The molecule has 0 fully saturated rings. The van der Waals surface area contributed by atoms with Crippen molar-refractivity contribution in [2.45, 2.75) is 10.8 Å². The van der Waals surface area contributed by atoms with E-state index in [2.05, 4.69) is 19.9 Å². The van der Waals surface area contributed by atoms with Gasteiger partial charge in [0.15, 0.2) is 5.65 Å². The van der Waals surface area contributed by atoms with Crippen LogP contribution in [0, 0.1) is 15.9 Å². The van der Waals surface area contributed by atoms with Crippen LogP contribution in [0.25, 0.3) is 11.2 Å². The normalized spacial score (nSPS) is 10.9. The lowest BCUT2D eigenvalue weighted by Gasteiger charge is -2.02. The van der Waals surface area contributed by atoms with Crippen LogP contribution in [0.2, 0.25) is 0 Å². The van der Waals surface area contributed by atoms with Gasteiger partial charge in [0.2, 0.25) is 5.82 Å². The van der Waals surface area contributed by atoms with Gasteiger partial charge in [0.1, 0.15) is 16.9 Å². The number of hydrogen-bond donors (Lipinski definition) is 1. The van der Waals surface area contributed by atoms with Gasteiger partial charge in [-0.1, -0.05) is 17.8 Å². The summed E-state index contributed by atoms with van der Waals surface area (Å²) in [5, 5.41) is 11.3. The maximum atomic E-state index is 13.5. The Morgan fingerprint density at radius 2 is 2.19 bits per heavy atom. The number of aromatic nitrogens is 4. The second-order valence-corrected chi connectivity index (χ2v) is 5.08. The number of rotatable bonds is 4. The molecule has 9 heteroatoms. The number of aromatic amines is 1. The molecule has 0 aliphatic carbocycles. The molecule has 3 aromatic rings. The van der Waals surface area contributed by atoms with Crippen LogP contribution in [0.3, 0.4) is 0 Å². The van der Waals surface area contributed by atoms with Crippen LogP contribution in [-0.4, -0.2) is 24.9 Å². The van der Waals surface area contributed by atoms with Crippen LogP contribution in [0.5, 0.6) is 0 Å². The van der Waals surface area contributed by atoms with Crippen molar-refractivity contribution in [2.24, 2.45) is 0 Å². The predicted molar refractivity (Wildman–Crippen MR) is 74.3 cm³/mol. The van der Waals surface area contributed by atoms with E-state index in [1.165, 1.54) is 30.5 Å². The Balaban J connectivity index is 1.80. The zero-order valence-corrected chi connectivity index (χ0v) is 11.3. The maximum Gasteiger partial charge on any atom is 0.304 e.